The van der Waals surface area contributed by atoms with Gasteiger partial charge in [-0.25, -0.2) is 13.1 Å². The molecule has 2 N–H and O–H groups in total. The van der Waals surface area contributed by atoms with E-state index in [1.54, 1.807) is 49.2 Å². The van der Waals surface area contributed by atoms with Crippen LogP contribution in [0.25, 0.3) is 0 Å². The molecule has 1 atom stereocenters. The van der Waals surface area contributed by atoms with Crippen LogP contribution in [0.1, 0.15) is 18.9 Å². The quantitative estimate of drug-likeness (QED) is 0.817. The number of nitrogens with one attached hydrogen (secondary N) is 2. The van der Waals surface area contributed by atoms with Crippen molar-refractivity contribution >= 4 is 33.4 Å². The van der Waals surface area contributed by atoms with Crippen molar-refractivity contribution in [3.8, 4) is 5.75 Å². The van der Waals surface area contributed by atoms with Gasteiger partial charge in [0.05, 0.1) is 17.7 Å². The molecule has 138 valence electrons. The van der Waals surface area contributed by atoms with E-state index in [1.165, 1.54) is 6.07 Å². The van der Waals surface area contributed by atoms with Crippen LogP contribution in [0.3, 0.4) is 0 Å². The van der Waals surface area contributed by atoms with Crippen LogP contribution in [0.2, 0.25) is 0 Å². The normalized spacial score (nSPS) is 17.2. The van der Waals surface area contributed by atoms with Crippen LogP contribution in [0.4, 0.5) is 5.69 Å². The van der Waals surface area contributed by atoms with Crippen molar-refractivity contribution in [3.05, 3.63) is 48.0 Å². The van der Waals surface area contributed by atoms with Crippen molar-refractivity contribution in [1.29, 1.82) is 0 Å². The van der Waals surface area contributed by atoms with E-state index in [9.17, 15) is 13.2 Å². The standard InChI is InChI=1S/C18H20N2O4S2/c1-12-8-18(21)20-16-10-15(6-7-17(16)25-12)26(22,23)19-11-13-4-3-5-14(9-13)24-2/h3-7,9-10,12,19H,8,11H2,1-2H3,(H,20,21)/t12-/m1/s1. The number of hydrogen-bond acceptors (Lipinski definition) is 5. The molecule has 0 radical (unpaired) electrons. The summed E-state index contributed by atoms with van der Waals surface area (Å²) in [5, 5.41) is 2.93. The summed E-state index contributed by atoms with van der Waals surface area (Å²) in [6, 6.07) is 12.0. The first-order valence-electron chi connectivity index (χ1n) is 8.10. The highest BCUT2D eigenvalue weighted by Crippen LogP contribution is 2.36. The van der Waals surface area contributed by atoms with Gasteiger partial charge in [0.25, 0.3) is 0 Å². The van der Waals surface area contributed by atoms with Gasteiger partial charge in [-0.05, 0) is 35.9 Å². The molecule has 0 saturated carbocycles. The van der Waals surface area contributed by atoms with E-state index in [2.05, 4.69) is 10.0 Å². The maximum Gasteiger partial charge on any atom is 0.240 e. The third kappa shape index (κ3) is 4.38. The number of amides is 1. The van der Waals surface area contributed by atoms with Gasteiger partial charge in [-0.3, -0.25) is 4.79 Å². The second-order valence-electron chi connectivity index (χ2n) is 6.01. The highest BCUT2D eigenvalue weighted by molar-refractivity contribution is 8.00. The molecule has 26 heavy (non-hydrogen) atoms. The average molecular weight is 393 g/mol. The van der Waals surface area contributed by atoms with Gasteiger partial charge in [-0.15, -0.1) is 11.8 Å². The minimum Gasteiger partial charge on any atom is -0.497 e. The van der Waals surface area contributed by atoms with E-state index in [4.69, 9.17) is 4.74 Å². The molecule has 8 heteroatoms. The molecular formula is C18H20N2O4S2. The van der Waals surface area contributed by atoms with Gasteiger partial charge in [0.15, 0.2) is 0 Å². The lowest BCUT2D eigenvalue weighted by Gasteiger charge is -2.11. The number of rotatable bonds is 5. The van der Waals surface area contributed by atoms with E-state index in [-0.39, 0.29) is 22.6 Å². The Kier molecular flexibility index (Phi) is 5.55. The summed E-state index contributed by atoms with van der Waals surface area (Å²) >= 11 is 1.56. The lowest BCUT2D eigenvalue weighted by atomic mass is 10.2. The molecule has 0 saturated heterocycles. The maximum atomic E-state index is 12.6. The number of carbonyl (C=O) groups excluding carboxylic acids is 1. The Hall–Kier alpha value is -2.03. The van der Waals surface area contributed by atoms with Gasteiger partial charge in [0.1, 0.15) is 5.75 Å². The fourth-order valence-electron chi connectivity index (χ4n) is 2.64. The number of methoxy groups -OCH3 is 1. The Labute approximate surface area is 157 Å². The van der Waals surface area contributed by atoms with Crippen molar-refractivity contribution in [1.82, 2.24) is 4.72 Å². The van der Waals surface area contributed by atoms with E-state index in [0.29, 0.717) is 17.9 Å². The summed E-state index contributed by atoms with van der Waals surface area (Å²) in [6.45, 7) is 2.12. The van der Waals surface area contributed by atoms with Crippen molar-refractivity contribution in [2.45, 2.75) is 34.9 Å². The van der Waals surface area contributed by atoms with E-state index in [1.807, 2.05) is 13.0 Å². The molecule has 6 nitrogen and oxygen atoms in total. The minimum absolute atomic E-state index is 0.109. The zero-order valence-electron chi connectivity index (χ0n) is 14.5. The molecule has 0 unspecified atom stereocenters. The Morgan fingerprint density at radius 1 is 1.27 bits per heavy atom. The van der Waals surface area contributed by atoms with Crippen molar-refractivity contribution in [2.24, 2.45) is 0 Å². The van der Waals surface area contributed by atoms with Crippen LogP contribution in [0, 0.1) is 0 Å². The smallest absolute Gasteiger partial charge is 0.240 e. The molecule has 0 aliphatic carbocycles. The lowest BCUT2D eigenvalue weighted by Crippen LogP contribution is -2.23. The number of ether oxygens (including phenoxy) is 1. The first-order valence-corrected chi connectivity index (χ1v) is 10.5. The van der Waals surface area contributed by atoms with Gasteiger partial charge in [-0.1, -0.05) is 19.1 Å². The second-order valence-corrected chi connectivity index (χ2v) is 9.26. The topological polar surface area (TPSA) is 84.5 Å². The number of benzene rings is 2. The number of fused-ring (bicyclic) bond motifs is 1. The second kappa shape index (κ2) is 7.69. The van der Waals surface area contributed by atoms with E-state index in [0.717, 1.165) is 10.5 Å². The lowest BCUT2D eigenvalue weighted by molar-refractivity contribution is -0.116. The predicted octanol–water partition coefficient (Wildman–Crippen LogP) is 3.00. The Bertz CT molecular complexity index is 929. The summed E-state index contributed by atoms with van der Waals surface area (Å²) in [5.74, 6) is 0.559. The van der Waals surface area contributed by atoms with Crippen LogP contribution in [0.5, 0.6) is 5.75 Å². The summed E-state index contributed by atoms with van der Waals surface area (Å²) in [6.07, 6.45) is 0.398. The number of anilines is 1. The molecule has 2 aromatic carbocycles. The number of hydrogen-bond donors (Lipinski definition) is 2. The highest BCUT2D eigenvalue weighted by Gasteiger charge is 2.22. The van der Waals surface area contributed by atoms with Crippen LogP contribution in [0.15, 0.2) is 52.3 Å². The van der Waals surface area contributed by atoms with Gasteiger partial charge < -0.3 is 10.1 Å². The zero-order valence-corrected chi connectivity index (χ0v) is 16.1. The number of carbonyl (C=O) groups is 1. The van der Waals surface area contributed by atoms with E-state index >= 15 is 0 Å². The summed E-state index contributed by atoms with van der Waals surface area (Å²) in [7, 11) is -2.14. The largest absolute Gasteiger partial charge is 0.497 e. The van der Waals surface area contributed by atoms with Crippen molar-refractivity contribution in [3.63, 3.8) is 0 Å². The molecule has 0 spiro atoms. The van der Waals surface area contributed by atoms with Crippen LogP contribution < -0.4 is 14.8 Å². The predicted molar refractivity (Wildman–Crippen MR) is 102 cm³/mol. The number of sulfonamides is 1. The Balaban J connectivity index is 1.80. The molecule has 1 aliphatic heterocycles. The van der Waals surface area contributed by atoms with Crippen LogP contribution in [-0.4, -0.2) is 26.7 Å². The van der Waals surface area contributed by atoms with Gasteiger partial charge in [-0.2, -0.15) is 0 Å². The van der Waals surface area contributed by atoms with Crippen LogP contribution in [-0.2, 0) is 21.4 Å². The fraction of sp³-hybridized carbons (Fsp3) is 0.278. The summed E-state index contributed by atoms with van der Waals surface area (Å²) < 4.78 is 33.0. The zero-order chi connectivity index (χ0) is 18.7. The SMILES string of the molecule is COc1cccc(CNS(=O)(=O)c2ccc3c(c2)NC(=O)C[C@@H](C)S3)c1. The fourth-order valence-corrected chi connectivity index (χ4v) is 4.74. The summed E-state index contributed by atoms with van der Waals surface area (Å²) in [4.78, 5) is 12.9. The van der Waals surface area contributed by atoms with Gasteiger partial charge >= 0.3 is 0 Å². The first kappa shape index (κ1) is 18.8. The number of thioether (sulfide) groups is 1. The molecule has 1 heterocycles. The monoisotopic (exact) mass is 392 g/mol. The van der Waals surface area contributed by atoms with Crippen molar-refractivity contribution in [2.75, 3.05) is 12.4 Å². The molecular weight excluding hydrogens is 372 g/mol. The average Bonchev–Trinajstić information content (AvgIpc) is 2.75. The molecule has 0 fully saturated rings. The highest BCUT2D eigenvalue weighted by atomic mass is 32.2. The maximum absolute atomic E-state index is 12.6. The van der Waals surface area contributed by atoms with E-state index < -0.39 is 10.0 Å². The molecule has 2 aromatic rings. The first-order chi connectivity index (χ1) is 12.4. The molecule has 0 bridgehead atoms. The Morgan fingerprint density at radius 3 is 2.85 bits per heavy atom. The minimum atomic E-state index is -3.71. The Morgan fingerprint density at radius 2 is 2.08 bits per heavy atom. The summed E-state index contributed by atoms with van der Waals surface area (Å²) in [5.41, 5.74) is 1.33. The molecule has 1 aliphatic rings. The van der Waals surface area contributed by atoms with Gasteiger partial charge in [0.2, 0.25) is 15.9 Å². The molecule has 3 rings (SSSR count). The van der Waals surface area contributed by atoms with Crippen molar-refractivity contribution < 1.29 is 17.9 Å². The van der Waals surface area contributed by atoms with Gasteiger partial charge in [0, 0.05) is 23.1 Å². The third-order valence-electron chi connectivity index (χ3n) is 3.94. The molecule has 1 amide bonds. The third-order valence-corrected chi connectivity index (χ3v) is 6.51. The van der Waals surface area contributed by atoms with Crippen LogP contribution >= 0.6 is 11.8 Å². The molecule has 0 aromatic heterocycles.